The second-order valence-electron chi connectivity index (χ2n) is 5.31. The molecule has 1 N–H and O–H groups in total. The van der Waals surface area contributed by atoms with E-state index in [0.29, 0.717) is 12.1 Å². The summed E-state index contributed by atoms with van der Waals surface area (Å²) in [6.45, 7) is 6.53. The minimum Gasteiger partial charge on any atom is -0.303 e. The van der Waals surface area contributed by atoms with Gasteiger partial charge in [-0.1, -0.05) is 60.5 Å². The van der Waals surface area contributed by atoms with Crippen molar-refractivity contribution < 1.29 is 0 Å². The van der Waals surface area contributed by atoms with Gasteiger partial charge in [-0.05, 0) is 43.5 Å². The molecule has 2 rings (SSSR count). The summed E-state index contributed by atoms with van der Waals surface area (Å²) in [7, 11) is 0. The maximum absolute atomic E-state index is 5.94. The van der Waals surface area contributed by atoms with E-state index in [-0.39, 0.29) is 0 Å². The molecule has 0 aromatic heterocycles. The van der Waals surface area contributed by atoms with Crippen molar-refractivity contribution in [1.29, 1.82) is 0 Å². The van der Waals surface area contributed by atoms with Crippen LogP contribution in [0.25, 0.3) is 0 Å². The van der Waals surface area contributed by atoms with Gasteiger partial charge >= 0.3 is 0 Å². The van der Waals surface area contributed by atoms with E-state index < -0.39 is 0 Å². The summed E-state index contributed by atoms with van der Waals surface area (Å²) >= 11 is 5.94. The summed E-state index contributed by atoms with van der Waals surface area (Å²) in [6, 6.07) is 17.5. The van der Waals surface area contributed by atoms with Gasteiger partial charge in [0, 0.05) is 17.1 Å². The number of rotatable bonds is 5. The summed E-state index contributed by atoms with van der Waals surface area (Å²) in [5, 5.41) is 4.48. The van der Waals surface area contributed by atoms with E-state index in [1.54, 1.807) is 0 Å². The SMILES string of the molecule is CCC(N[C@@H](C)c1ccc(Cl)cc1)c1ccc(C)cc1. The normalized spacial score (nSPS) is 14.0. The first-order chi connectivity index (χ1) is 9.60. The van der Waals surface area contributed by atoms with E-state index in [1.807, 2.05) is 12.1 Å². The smallest absolute Gasteiger partial charge is 0.0406 e. The van der Waals surface area contributed by atoms with Crippen LogP contribution in [-0.4, -0.2) is 0 Å². The van der Waals surface area contributed by atoms with Gasteiger partial charge in [-0.15, -0.1) is 0 Å². The molecule has 0 radical (unpaired) electrons. The third-order valence-corrected chi connectivity index (χ3v) is 3.96. The average Bonchev–Trinajstić information content (AvgIpc) is 2.46. The molecule has 2 atom stereocenters. The molecule has 1 unspecified atom stereocenters. The first-order valence-electron chi connectivity index (χ1n) is 7.18. The van der Waals surface area contributed by atoms with E-state index in [2.05, 4.69) is 62.5 Å². The predicted octanol–water partition coefficient (Wildman–Crippen LogP) is 5.45. The van der Waals surface area contributed by atoms with E-state index in [0.717, 1.165) is 11.4 Å². The molecule has 0 saturated heterocycles. The Kier molecular flexibility index (Phi) is 5.22. The molecule has 1 nitrogen and oxygen atoms in total. The lowest BCUT2D eigenvalue weighted by molar-refractivity contribution is 0.456. The third-order valence-electron chi connectivity index (χ3n) is 3.71. The monoisotopic (exact) mass is 287 g/mol. The van der Waals surface area contributed by atoms with Gasteiger partial charge in [0.05, 0.1) is 0 Å². The van der Waals surface area contributed by atoms with Crippen molar-refractivity contribution in [2.45, 2.75) is 39.3 Å². The van der Waals surface area contributed by atoms with E-state index >= 15 is 0 Å². The number of hydrogen-bond acceptors (Lipinski definition) is 1. The quantitative estimate of drug-likeness (QED) is 0.771. The van der Waals surface area contributed by atoms with Crippen LogP contribution < -0.4 is 5.32 Å². The number of aryl methyl sites for hydroxylation is 1. The fraction of sp³-hybridized carbons (Fsp3) is 0.333. The Labute approximate surface area is 127 Å². The van der Waals surface area contributed by atoms with Crippen LogP contribution in [0.15, 0.2) is 48.5 Å². The maximum Gasteiger partial charge on any atom is 0.0406 e. The Balaban J connectivity index is 2.09. The highest BCUT2D eigenvalue weighted by Crippen LogP contribution is 2.23. The van der Waals surface area contributed by atoms with Crippen LogP contribution in [-0.2, 0) is 0 Å². The zero-order valence-electron chi connectivity index (χ0n) is 12.4. The minimum absolute atomic E-state index is 0.304. The summed E-state index contributed by atoms with van der Waals surface area (Å²) in [5.41, 5.74) is 3.91. The van der Waals surface area contributed by atoms with Gasteiger partial charge in [0.25, 0.3) is 0 Å². The van der Waals surface area contributed by atoms with Gasteiger partial charge in [-0.25, -0.2) is 0 Å². The van der Waals surface area contributed by atoms with Crippen LogP contribution in [0.2, 0.25) is 5.02 Å². The third kappa shape index (κ3) is 3.84. The molecule has 0 fully saturated rings. The largest absolute Gasteiger partial charge is 0.303 e. The lowest BCUT2D eigenvalue weighted by Gasteiger charge is -2.23. The molecule has 2 aromatic carbocycles. The van der Waals surface area contributed by atoms with Crippen molar-refractivity contribution in [1.82, 2.24) is 5.32 Å². The lowest BCUT2D eigenvalue weighted by atomic mass is 10.0. The summed E-state index contributed by atoms with van der Waals surface area (Å²) in [6.07, 6.45) is 1.07. The highest BCUT2D eigenvalue weighted by molar-refractivity contribution is 6.30. The minimum atomic E-state index is 0.304. The molecule has 0 saturated carbocycles. The van der Waals surface area contributed by atoms with Gasteiger partial charge in [-0.2, -0.15) is 0 Å². The number of halogens is 1. The second-order valence-corrected chi connectivity index (χ2v) is 5.75. The molecule has 20 heavy (non-hydrogen) atoms. The predicted molar refractivity (Wildman–Crippen MR) is 87.2 cm³/mol. The Hall–Kier alpha value is -1.31. The first-order valence-corrected chi connectivity index (χ1v) is 7.56. The molecule has 0 aliphatic rings. The van der Waals surface area contributed by atoms with Crippen molar-refractivity contribution in [2.24, 2.45) is 0 Å². The number of hydrogen-bond donors (Lipinski definition) is 1. The standard InChI is InChI=1S/C18H22ClN/c1-4-18(16-7-5-13(2)6-8-16)20-14(3)15-9-11-17(19)12-10-15/h5-12,14,18,20H,4H2,1-3H3/t14-,18?/m0/s1. The fourth-order valence-electron chi connectivity index (χ4n) is 2.40. The fourth-order valence-corrected chi connectivity index (χ4v) is 2.52. The van der Waals surface area contributed by atoms with Crippen LogP contribution in [0.4, 0.5) is 0 Å². The summed E-state index contributed by atoms with van der Waals surface area (Å²) < 4.78 is 0. The zero-order valence-corrected chi connectivity index (χ0v) is 13.1. The lowest BCUT2D eigenvalue weighted by Crippen LogP contribution is -2.24. The van der Waals surface area contributed by atoms with Crippen LogP contribution >= 0.6 is 11.6 Å². The summed E-state index contributed by atoms with van der Waals surface area (Å²) in [4.78, 5) is 0. The van der Waals surface area contributed by atoms with Crippen LogP contribution in [0.3, 0.4) is 0 Å². The van der Waals surface area contributed by atoms with Crippen LogP contribution in [0, 0.1) is 6.92 Å². The first kappa shape index (κ1) is 15.1. The molecule has 0 aliphatic carbocycles. The molecule has 0 spiro atoms. The van der Waals surface area contributed by atoms with Crippen molar-refractivity contribution >= 4 is 11.6 Å². The molecule has 2 aromatic rings. The Bertz CT molecular complexity index is 530. The molecular weight excluding hydrogens is 266 g/mol. The number of nitrogens with one attached hydrogen (secondary N) is 1. The highest BCUT2D eigenvalue weighted by Gasteiger charge is 2.13. The molecule has 0 amide bonds. The van der Waals surface area contributed by atoms with Gasteiger partial charge < -0.3 is 5.32 Å². The Morgan fingerprint density at radius 3 is 2.05 bits per heavy atom. The molecular formula is C18H22ClN. The van der Waals surface area contributed by atoms with Crippen LogP contribution in [0.5, 0.6) is 0 Å². The maximum atomic E-state index is 5.94. The zero-order chi connectivity index (χ0) is 14.5. The van der Waals surface area contributed by atoms with Gasteiger partial charge in [0.2, 0.25) is 0 Å². The second kappa shape index (κ2) is 6.92. The van der Waals surface area contributed by atoms with Gasteiger partial charge in [-0.3, -0.25) is 0 Å². The van der Waals surface area contributed by atoms with E-state index in [4.69, 9.17) is 11.6 Å². The van der Waals surface area contributed by atoms with Crippen LogP contribution in [0.1, 0.15) is 49.0 Å². The number of benzene rings is 2. The van der Waals surface area contributed by atoms with E-state index in [9.17, 15) is 0 Å². The molecule has 0 bridgehead atoms. The van der Waals surface area contributed by atoms with Crippen molar-refractivity contribution in [3.05, 3.63) is 70.2 Å². The Morgan fingerprint density at radius 1 is 0.950 bits per heavy atom. The molecule has 106 valence electrons. The van der Waals surface area contributed by atoms with Gasteiger partial charge in [0.1, 0.15) is 0 Å². The van der Waals surface area contributed by atoms with Crippen molar-refractivity contribution in [3.8, 4) is 0 Å². The van der Waals surface area contributed by atoms with E-state index in [1.165, 1.54) is 16.7 Å². The Morgan fingerprint density at radius 2 is 1.50 bits per heavy atom. The summed E-state index contributed by atoms with van der Waals surface area (Å²) in [5.74, 6) is 0. The van der Waals surface area contributed by atoms with Gasteiger partial charge in [0.15, 0.2) is 0 Å². The molecule has 2 heteroatoms. The highest BCUT2D eigenvalue weighted by atomic mass is 35.5. The van der Waals surface area contributed by atoms with Crippen molar-refractivity contribution in [3.63, 3.8) is 0 Å². The van der Waals surface area contributed by atoms with Crippen molar-refractivity contribution in [2.75, 3.05) is 0 Å². The molecule has 0 aliphatic heterocycles. The molecule has 0 heterocycles. The topological polar surface area (TPSA) is 12.0 Å². The average molecular weight is 288 g/mol.